The molecule has 6 heterocycles. The predicted molar refractivity (Wildman–Crippen MR) is 341 cm³/mol. The molecular weight excluding hydrogens is 1340 g/mol. The number of ether oxygens (including phenoxy) is 13. The molecule has 4 aromatic rings. The third kappa shape index (κ3) is 18.3. The van der Waals surface area contributed by atoms with Crippen molar-refractivity contribution in [2.75, 3.05) is 19.6 Å². The first kappa shape index (κ1) is 75.8. The third-order valence-corrected chi connectivity index (χ3v) is 17.2. The van der Waals surface area contributed by atoms with Crippen molar-refractivity contribution in [2.45, 2.75) is 228 Å². The number of nitrogens with one attached hydrogen (secondary N) is 5. The van der Waals surface area contributed by atoms with Crippen molar-refractivity contribution in [3.63, 3.8) is 0 Å². The molecule has 6 aliphatic rings. The number of amides is 5. The van der Waals surface area contributed by atoms with Gasteiger partial charge in [-0.25, -0.2) is 18.0 Å². The zero-order valence-electron chi connectivity index (χ0n) is 57.6. The van der Waals surface area contributed by atoms with Gasteiger partial charge in [0, 0.05) is 37.3 Å². The van der Waals surface area contributed by atoms with Gasteiger partial charge < -0.3 is 88.2 Å². The molecule has 548 valence electrons. The lowest BCUT2D eigenvalue weighted by molar-refractivity contribution is -0.175. The maximum Gasteiger partial charge on any atom is 0.334 e. The van der Waals surface area contributed by atoms with Crippen LogP contribution in [0.5, 0.6) is 5.75 Å². The first-order chi connectivity index (χ1) is 47.4. The second kappa shape index (κ2) is 30.2. The maximum absolute atomic E-state index is 15.0. The topological polar surface area (TPSA) is 331 Å². The van der Waals surface area contributed by atoms with E-state index in [0.717, 1.165) is 0 Å². The highest BCUT2D eigenvalue weighted by Gasteiger charge is 2.60. The van der Waals surface area contributed by atoms with Gasteiger partial charge >= 0.3 is 5.97 Å². The molecule has 15 atom stereocenters. The number of azide groups is 1. The van der Waals surface area contributed by atoms with Crippen LogP contribution in [-0.4, -0.2) is 181 Å². The fraction of sp³-hybridized carbons (Fsp3) is 0.565. The normalized spacial score (nSPS) is 28.8. The molecule has 0 spiro atoms. The van der Waals surface area contributed by atoms with E-state index in [9.17, 15) is 50.7 Å². The highest BCUT2D eigenvalue weighted by atomic mass is 19.2. The van der Waals surface area contributed by atoms with Crippen molar-refractivity contribution < 1.29 is 112 Å². The van der Waals surface area contributed by atoms with E-state index in [1.165, 1.54) is 26.0 Å². The lowest BCUT2D eigenvalue weighted by Crippen LogP contribution is -2.57. The number of esters is 1. The lowest BCUT2D eigenvalue weighted by atomic mass is 9.99. The number of rotatable bonds is 25. The Morgan fingerprint density at radius 2 is 0.703 bits per heavy atom. The van der Waals surface area contributed by atoms with Crippen molar-refractivity contribution in [1.29, 1.82) is 0 Å². The van der Waals surface area contributed by atoms with Crippen LogP contribution < -0.4 is 31.3 Å². The van der Waals surface area contributed by atoms with Crippen molar-refractivity contribution in [2.24, 2.45) is 5.11 Å². The first-order valence-electron chi connectivity index (χ1n) is 32.9. The van der Waals surface area contributed by atoms with E-state index in [-0.39, 0.29) is 32.5 Å². The van der Waals surface area contributed by atoms with E-state index in [4.69, 9.17) is 67.1 Å². The minimum absolute atomic E-state index is 0.0106. The minimum atomic E-state index is -2.49. The monoisotopic (exact) mass is 1420 g/mol. The Balaban J connectivity index is 0.838. The van der Waals surface area contributed by atoms with Crippen molar-refractivity contribution in [3.05, 3.63) is 147 Å². The Bertz CT molecular complexity index is 3720. The van der Waals surface area contributed by atoms with Crippen LogP contribution >= 0.6 is 0 Å². The first-order valence-corrected chi connectivity index (χ1v) is 32.9. The second-order valence-electron chi connectivity index (χ2n) is 28.0. The molecule has 0 unspecified atom stereocenters. The number of halogens is 5. The lowest BCUT2D eigenvalue weighted by Gasteiger charge is -2.28. The van der Waals surface area contributed by atoms with Gasteiger partial charge in [-0.2, -0.15) is 8.78 Å². The Morgan fingerprint density at radius 1 is 0.416 bits per heavy atom. The van der Waals surface area contributed by atoms with Gasteiger partial charge in [-0.05, 0) is 105 Å². The molecule has 0 radical (unpaired) electrons. The standard InChI is InChI=1S/C69H83F5N8O19/c1-64(2)90-40(31-76-59(84)38(29-35-24-18-14-19-25-35)80-61(86)56-54(98-69(11,12)100-56)50-42(33-78-82-75)92-66(5,6)95-50)48(93-64)52-55(99-67(7,8)96-52)60(85)79-37(28-34-22-16-13-17-23-34)58(83)77-32-41-49(94-65(3,4)91-41)53-57(101-68(9,10)97-53)62(87)81-39(30-36-26-20-15-21-27-36)63(88)89-51-46(73)44(71)43(70)45(72)47(51)74/h13-27,37-42,48-50,52-57H,28-33H2,1-12H3,(H,76,84)(H,77,83)(H,79,85)(H,80,86)(H,81,87)/t37-,38-,39-,40+,41+,42+,48-,49-,50-,52-,53-,54-,55+,56+,57+/m0/s1. The van der Waals surface area contributed by atoms with Crippen LogP contribution in [0.15, 0.2) is 96.1 Å². The van der Waals surface area contributed by atoms with Crippen LogP contribution in [0.1, 0.15) is 99.8 Å². The molecule has 10 rings (SSSR count). The number of carbonyl (C=O) groups is 6. The zero-order valence-corrected chi connectivity index (χ0v) is 57.6. The van der Waals surface area contributed by atoms with E-state index in [0.29, 0.717) is 16.7 Å². The number of nitrogens with zero attached hydrogens (tertiary/aromatic N) is 3. The van der Waals surface area contributed by atoms with Crippen LogP contribution in [0.4, 0.5) is 22.0 Å². The van der Waals surface area contributed by atoms with Crippen LogP contribution in [-0.2, 0) is 105 Å². The molecule has 4 aromatic carbocycles. The van der Waals surface area contributed by atoms with Crippen molar-refractivity contribution >= 4 is 35.5 Å². The van der Waals surface area contributed by atoms with Crippen LogP contribution in [0.3, 0.4) is 0 Å². The third-order valence-electron chi connectivity index (χ3n) is 17.2. The number of hydrogen-bond donors (Lipinski definition) is 5. The van der Waals surface area contributed by atoms with Gasteiger partial charge in [0.1, 0.15) is 67.0 Å². The Labute approximate surface area is 578 Å². The molecule has 0 aliphatic carbocycles. The average molecular weight is 1420 g/mol. The minimum Gasteiger partial charge on any atom is -0.418 e. The second-order valence-corrected chi connectivity index (χ2v) is 28.0. The van der Waals surface area contributed by atoms with Crippen molar-refractivity contribution in [1.82, 2.24) is 26.6 Å². The SMILES string of the molecule is CC1(C)O[C@H]([C@@H]2OC(C)(C)O[C@H]2C(=O)N[C@@H](Cc2ccccc2)C(=O)NC[C@H]2OC(C)(C)O[C@@H]2[C@@H]2OC(C)(C)O[C@H]2C(=O)N[C@@H](Cc2ccccc2)C(=O)NC[C@H]2OC(C)(C)O[C@@H]2[C@@H]2OC(C)(C)O[C@H]2C(=O)N[C@@H](Cc2ccccc2)C(=O)Oc2c(F)c(F)c(F)c(F)c2F)[C@@H](CN=[N+]=[N-])O1. The molecule has 5 N–H and O–H groups in total. The summed E-state index contributed by atoms with van der Waals surface area (Å²) in [6.45, 7) is 18.3. The number of hydrogen-bond acceptors (Lipinski definition) is 20. The number of benzene rings is 4. The van der Waals surface area contributed by atoms with Crippen molar-refractivity contribution in [3.8, 4) is 5.75 Å². The molecule has 27 nitrogen and oxygen atoms in total. The molecule has 0 saturated carbocycles. The van der Waals surface area contributed by atoms with E-state index in [1.54, 1.807) is 148 Å². The van der Waals surface area contributed by atoms with Gasteiger partial charge in [-0.3, -0.25) is 24.0 Å². The molecule has 32 heteroatoms. The van der Waals surface area contributed by atoms with Gasteiger partial charge in [-0.15, -0.1) is 0 Å². The number of carbonyl (C=O) groups excluding carboxylic acids is 6. The molecule has 6 fully saturated rings. The molecule has 0 bridgehead atoms. The van der Waals surface area contributed by atoms with Gasteiger partial charge in [0.2, 0.25) is 46.6 Å². The Hall–Kier alpha value is -7.82. The smallest absolute Gasteiger partial charge is 0.334 e. The Morgan fingerprint density at radius 3 is 1.05 bits per heavy atom. The molecule has 6 saturated heterocycles. The summed E-state index contributed by atoms with van der Waals surface area (Å²) in [6, 6.07) is 21.1. The summed E-state index contributed by atoms with van der Waals surface area (Å²) in [4.78, 5) is 90.1. The summed E-state index contributed by atoms with van der Waals surface area (Å²) in [7, 11) is 0. The highest BCUT2D eigenvalue weighted by Crippen LogP contribution is 2.43. The van der Waals surface area contributed by atoms with Gasteiger partial charge in [-0.1, -0.05) is 96.1 Å². The quantitative estimate of drug-likeness (QED) is 0.00727. The van der Waals surface area contributed by atoms with Crippen LogP contribution in [0.2, 0.25) is 0 Å². The molecular formula is C69H83F5N8O19. The predicted octanol–water partition coefficient (Wildman–Crippen LogP) is 6.13. The Kier molecular flexibility index (Phi) is 22.7. The highest BCUT2D eigenvalue weighted by molar-refractivity contribution is 5.91. The summed E-state index contributed by atoms with van der Waals surface area (Å²) < 4.78 is 152. The molecule has 101 heavy (non-hydrogen) atoms. The fourth-order valence-electron chi connectivity index (χ4n) is 13.1. The summed E-state index contributed by atoms with van der Waals surface area (Å²) >= 11 is 0. The van der Waals surface area contributed by atoms with E-state index in [1.807, 2.05) is 0 Å². The maximum atomic E-state index is 15.0. The molecule has 0 aromatic heterocycles. The van der Waals surface area contributed by atoms with E-state index in [2.05, 4.69) is 36.6 Å². The van der Waals surface area contributed by atoms with Crippen LogP contribution in [0.25, 0.3) is 10.4 Å². The zero-order chi connectivity index (χ0) is 73.3. The summed E-state index contributed by atoms with van der Waals surface area (Å²) in [5.41, 5.74) is 10.8. The molecule has 6 aliphatic heterocycles. The molecule has 5 amide bonds. The summed E-state index contributed by atoms with van der Waals surface area (Å²) in [5, 5.41) is 17.6. The summed E-state index contributed by atoms with van der Waals surface area (Å²) in [6.07, 6.45) is -15.1. The fourth-order valence-corrected chi connectivity index (χ4v) is 13.1. The largest absolute Gasteiger partial charge is 0.418 e. The van der Waals surface area contributed by atoms with Gasteiger partial charge in [0.15, 0.2) is 53.0 Å². The van der Waals surface area contributed by atoms with Crippen LogP contribution in [0, 0.1) is 29.1 Å². The van der Waals surface area contributed by atoms with E-state index >= 15 is 0 Å². The summed E-state index contributed by atoms with van der Waals surface area (Å²) in [5.74, 6) is -27.8. The average Bonchev–Trinajstić information content (AvgIpc) is 1.72. The van der Waals surface area contributed by atoms with Gasteiger partial charge in [0.25, 0.3) is 17.7 Å². The van der Waals surface area contributed by atoms with Gasteiger partial charge in [0.05, 0.1) is 12.6 Å². The van der Waals surface area contributed by atoms with E-state index < -0.39 is 203 Å².